The molecule has 1 aliphatic carbocycles. The quantitative estimate of drug-likeness (QED) is 0.401. The SMILES string of the molecule is CCOC(=O)c1c(-c2ccc3c(c2)CCCC3)csc1NC(=O)c1cc(OC)c(OC)c(OC)c1. The lowest BCUT2D eigenvalue weighted by Crippen LogP contribution is -2.15. The second kappa shape index (κ2) is 10.8. The summed E-state index contributed by atoms with van der Waals surface area (Å²) in [4.78, 5) is 26.2. The summed E-state index contributed by atoms with van der Waals surface area (Å²) in [5, 5.41) is 5.20. The van der Waals surface area contributed by atoms with Crippen molar-refractivity contribution in [1.82, 2.24) is 0 Å². The van der Waals surface area contributed by atoms with Gasteiger partial charge in [0.15, 0.2) is 11.5 Å². The summed E-state index contributed by atoms with van der Waals surface area (Å²) < 4.78 is 21.4. The number of anilines is 1. The predicted molar refractivity (Wildman–Crippen MR) is 136 cm³/mol. The molecule has 0 unspecified atom stereocenters. The Morgan fingerprint density at radius 2 is 1.63 bits per heavy atom. The fraction of sp³-hybridized carbons (Fsp3) is 0.333. The van der Waals surface area contributed by atoms with Crippen molar-refractivity contribution in [3.8, 4) is 28.4 Å². The number of amides is 1. The van der Waals surface area contributed by atoms with Crippen molar-refractivity contribution in [2.45, 2.75) is 32.6 Å². The number of methoxy groups -OCH3 is 3. The monoisotopic (exact) mass is 495 g/mol. The average molecular weight is 496 g/mol. The first-order chi connectivity index (χ1) is 17.0. The zero-order chi connectivity index (χ0) is 24.9. The van der Waals surface area contributed by atoms with Gasteiger partial charge in [-0.1, -0.05) is 18.2 Å². The van der Waals surface area contributed by atoms with Gasteiger partial charge in [0.25, 0.3) is 5.91 Å². The molecule has 1 N–H and O–H groups in total. The van der Waals surface area contributed by atoms with E-state index in [4.69, 9.17) is 18.9 Å². The van der Waals surface area contributed by atoms with Crippen molar-refractivity contribution in [2.75, 3.05) is 33.3 Å². The summed E-state index contributed by atoms with van der Waals surface area (Å²) in [6.07, 6.45) is 4.49. The molecule has 3 aromatic rings. The van der Waals surface area contributed by atoms with Crippen LogP contribution in [-0.4, -0.2) is 39.8 Å². The molecular weight excluding hydrogens is 466 g/mol. The van der Waals surface area contributed by atoms with Crippen LogP contribution in [0.1, 0.15) is 51.6 Å². The van der Waals surface area contributed by atoms with Crippen molar-refractivity contribution in [3.63, 3.8) is 0 Å². The largest absolute Gasteiger partial charge is 0.493 e. The van der Waals surface area contributed by atoms with Gasteiger partial charge in [-0.15, -0.1) is 11.3 Å². The van der Waals surface area contributed by atoms with E-state index in [0.29, 0.717) is 33.4 Å². The van der Waals surface area contributed by atoms with Crippen molar-refractivity contribution >= 4 is 28.2 Å². The van der Waals surface area contributed by atoms with Crippen LogP contribution in [0.4, 0.5) is 5.00 Å². The highest BCUT2D eigenvalue weighted by molar-refractivity contribution is 7.15. The van der Waals surface area contributed by atoms with E-state index in [9.17, 15) is 9.59 Å². The zero-order valence-corrected chi connectivity index (χ0v) is 21.2. The molecule has 1 heterocycles. The number of benzene rings is 2. The third-order valence-electron chi connectivity index (χ3n) is 6.08. The molecule has 1 aliphatic rings. The Balaban J connectivity index is 1.71. The molecule has 4 rings (SSSR count). The Kier molecular flexibility index (Phi) is 7.60. The Labute approximate surface area is 209 Å². The molecule has 0 saturated carbocycles. The van der Waals surface area contributed by atoms with Crippen LogP contribution in [0.2, 0.25) is 0 Å². The van der Waals surface area contributed by atoms with Crippen molar-refractivity contribution < 1.29 is 28.5 Å². The highest BCUT2D eigenvalue weighted by Crippen LogP contribution is 2.40. The summed E-state index contributed by atoms with van der Waals surface area (Å²) in [7, 11) is 4.48. The molecule has 0 bridgehead atoms. The standard InChI is InChI=1S/C27H29NO6S/c1-5-34-27(30)23-20(18-11-10-16-8-6-7-9-17(16)12-18)15-35-26(23)28-25(29)19-13-21(31-2)24(33-4)22(14-19)32-3/h10-15H,5-9H2,1-4H3,(H,28,29). The molecule has 0 saturated heterocycles. The number of carbonyl (C=O) groups is 2. The number of ether oxygens (including phenoxy) is 4. The molecule has 2 aromatic carbocycles. The highest BCUT2D eigenvalue weighted by atomic mass is 32.1. The summed E-state index contributed by atoms with van der Waals surface area (Å²) in [5.74, 6) is 0.243. The third-order valence-corrected chi connectivity index (χ3v) is 6.98. The average Bonchev–Trinajstić information content (AvgIpc) is 3.31. The normalized spacial score (nSPS) is 12.5. The van der Waals surface area contributed by atoms with Crippen LogP contribution in [0.3, 0.4) is 0 Å². The van der Waals surface area contributed by atoms with E-state index in [2.05, 4.69) is 17.4 Å². The number of thiophene rings is 1. The maximum Gasteiger partial charge on any atom is 0.341 e. The number of nitrogens with one attached hydrogen (secondary N) is 1. The summed E-state index contributed by atoms with van der Waals surface area (Å²) in [6.45, 7) is 2.00. The molecule has 0 atom stereocenters. The molecule has 0 aliphatic heterocycles. The topological polar surface area (TPSA) is 83.1 Å². The predicted octanol–water partition coefficient (Wildman–Crippen LogP) is 5.75. The van der Waals surface area contributed by atoms with Crippen LogP contribution in [0.15, 0.2) is 35.7 Å². The smallest absolute Gasteiger partial charge is 0.341 e. The van der Waals surface area contributed by atoms with E-state index in [-0.39, 0.29) is 6.61 Å². The minimum absolute atomic E-state index is 0.235. The lowest BCUT2D eigenvalue weighted by atomic mass is 9.89. The number of hydrogen-bond donors (Lipinski definition) is 1. The van der Waals surface area contributed by atoms with E-state index < -0.39 is 11.9 Å². The van der Waals surface area contributed by atoms with Gasteiger partial charge in [0.05, 0.1) is 27.9 Å². The van der Waals surface area contributed by atoms with Crippen LogP contribution in [0.25, 0.3) is 11.1 Å². The van der Waals surface area contributed by atoms with Gasteiger partial charge in [0.2, 0.25) is 5.75 Å². The number of carbonyl (C=O) groups excluding carboxylic acids is 2. The van der Waals surface area contributed by atoms with Crippen molar-refractivity contribution in [3.05, 3.63) is 58.0 Å². The Morgan fingerprint density at radius 1 is 0.943 bits per heavy atom. The van der Waals surface area contributed by atoms with Gasteiger partial charge < -0.3 is 24.3 Å². The van der Waals surface area contributed by atoms with E-state index in [0.717, 1.165) is 24.0 Å². The van der Waals surface area contributed by atoms with Crippen LogP contribution in [0.5, 0.6) is 17.2 Å². The van der Waals surface area contributed by atoms with Crippen LogP contribution >= 0.6 is 11.3 Å². The molecular formula is C27H29NO6S. The minimum Gasteiger partial charge on any atom is -0.493 e. The van der Waals surface area contributed by atoms with E-state index >= 15 is 0 Å². The van der Waals surface area contributed by atoms with Gasteiger partial charge in [-0.25, -0.2) is 4.79 Å². The zero-order valence-electron chi connectivity index (χ0n) is 20.4. The summed E-state index contributed by atoms with van der Waals surface area (Å²) in [5.41, 5.74) is 5.04. The molecule has 1 aromatic heterocycles. The molecule has 1 amide bonds. The van der Waals surface area contributed by atoms with Crippen LogP contribution in [-0.2, 0) is 17.6 Å². The molecule has 7 nitrogen and oxygen atoms in total. The third kappa shape index (κ3) is 4.98. The number of rotatable bonds is 8. The summed E-state index contributed by atoms with van der Waals surface area (Å²) in [6, 6.07) is 9.48. The van der Waals surface area contributed by atoms with Crippen molar-refractivity contribution in [1.29, 1.82) is 0 Å². The molecule has 0 radical (unpaired) electrons. The maximum absolute atomic E-state index is 13.2. The number of aryl methyl sites for hydroxylation is 2. The first-order valence-electron chi connectivity index (χ1n) is 11.5. The molecule has 35 heavy (non-hydrogen) atoms. The first-order valence-corrected chi connectivity index (χ1v) is 12.4. The molecule has 184 valence electrons. The van der Waals surface area contributed by atoms with E-state index in [1.807, 2.05) is 11.4 Å². The number of esters is 1. The fourth-order valence-corrected chi connectivity index (χ4v) is 5.31. The molecule has 8 heteroatoms. The Hall–Kier alpha value is -3.52. The highest BCUT2D eigenvalue weighted by Gasteiger charge is 2.25. The number of hydrogen-bond acceptors (Lipinski definition) is 7. The molecule has 0 fully saturated rings. The van der Waals surface area contributed by atoms with Crippen LogP contribution < -0.4 is 19.5 Å². The van der Waals surface area contributed by atoms with Gasteiger partial charge in [0, 0.05) is 16.5 Å². The lowest BCUT2D eigenvalue weighted by Gasteiger charge is -2.17. The lowest BCUT2D eigenvalue weighted by molar-refractivity contribution is 0.0529. The second-order valence-electron chi connectivity index (χ2n) is 8.13. The van der Waals surface area contributed by atoms with E-state index in [1.165, 1.54) is 56.6 Å². The van der Waals surface area contributed by atoms with Gasteiger partial charge in [-0.05, 0) is 61.4 Å². The van der Waals surface area contributed by atoms with Crippen LogP contribution in [0, 0.1) is 0 Å². The minimum atomic E-state index is -0.471. The fourth-order valence-electron chi connectivity index (χ4n) is 4.36. The first kappa shape index (κ1) is 24.6. The van der Waals surface area contributed by atoms with Gasteiger partial charge >= 0.3 is 5.97 Å². The van der Waals surface area contributed by atoms with Gasteiger partial charge in [-0.2, -0.15) is 0 Å². The van der Waals surface area contributed by atoms with Crippen molar-refractivity contribution in [2.24, 2.45) is 0 Å². The molecule has 0 spiro atoms. The van der Waals surface area contributed by atoms with Gasteiger partial charge in [0.1, 0.15) is 10.6 Å². The van der Waals surface area contributed by atoms with E-state index in [1.54, 1.807) is 19.1 Å². The Bertz CT molecular complexity index is 1220. The second-order valence-corrected chi connectivity index (χ2v) is 9.01. The number of fused-ring (bicyclic) bond motifs is 1. The van der Waals surface area contributed by atoms with Gasteiger partial charge in [-0.3, -0.25) is 4.79 Å². The Morgan fingerprint density at radius 3 is 2.26 bits per heavy atom. The maximum atomic E-state index is 13.2. The summed E-state index contributed by atoms with van der Waals surface area (Å²) >= 11 is 1.29.